The van der Waals surface area contributed by atoms with E-state index in [1.54, 1.807) is 47.6 Å². The van der Waals surface area contributed by atoms with Gasteiger partial charge in [-0.15, -0.1) is 0 Å². The molecule has 24 heavy (non-hydrogen) atoms. The Hall–Kier alpha value is -2.67. The van der Waals surface area contributed by atoms with Crippen molar-refractivity contribution in [2.24, 2.45) is 0 Å². The third-order valence-corrected chi connectivity index (χ3v) is 4.94. The maximum atomic E-state index is 12.4. The van der Waals surface area contributed by atoms with E-state index < -0.39 is 10.0 Å². The lowest BCUT2D eigenvalue weighted by molar-refractivity contribution is 0.601. The molecule has 0 saturated heterocycles. The van der Waals surface area contributed by atoms with Crippen LogP contribution < -0.4 is 4.72 Å². The summed E-state index contributed by atoms with van der Waals surface area (Å²) in [6.07, 6.45) is 8.50. The van der Waals surface area contributed by atoms with Gasteiger partial charge in [0.2, 0.25) is 0 Å². The van der Waals surface area contributed by atoms with Crippen molar-refractivity contribution in [1.82, 2.24) is 14.5 Å². The summed E-state index contributed by atoms with van der Waals surface area (Å²) < 4.78 is 29.1. The van der Waals surface area contributed by atoms with E-state index in [0.29, 0.717) is 11.5 Å². The Bertz CT molecular complexity index is 887. The molecular formula is C17H18N4O2S. The molecule has 0 unspecified atom stereocenters. The highest BCUT2D eigenvalue weighted by atomic mass is 32.2. The largest absolute Gasteiger partial charge is 0.291 e. The second-order valence-electron chi connectivity index (χ2n) is 5.37. The molecule has 0 radical (unpaired) electrons. The molecule has 0 amide bonds. The third-order valence-electron chi connectivity index (χ3n) is 3.54. The summed E-state index contributed by atoms with van der Waals surface area (Å²) in [5.41, 5.74) is 1.54. The number of pyridine rings is 1. The number of nitrogens with one attached hydrogen (secondary N) is 1. The summed E-state index contributed by atoms with van der Waals surface area (Å²) in [5, 5.41) is 0. The van der Waals surface area contributed by atoms with Crippen molar-refractivity contribution in [3.05, 3.63) is 66.9 Å². The van der Waals surface area contributed by atoms with Gasteiger partial charge in [-0.2, -0.15) is 0 Å². The van der Waals surface area contributed by atoms with Crippen LogP contribution in [-0.4, -0.2) is 23.0 Å². The van der Waals surface area contributed by atoms with Crippen LogP contribution in [-0.2, 0) is 16.4 Å². The van der Waals surface area contributed by atoms with E-state index in [2.05, 4.69) is 21.6 Å². The average Bonchev–Trinajstić information content (AvgIpc) is 3.10. The lowest BCUT2D eigenvalue weighted by Crippen LogP contribution is -2.13. The van der Waals surface area contributed by atoms with Crippen molar-refractivity contribution >= 4 is 15.7 Å². The van der Waals surface area contributed by atoms with Crippen LogP contribution in [0.1, 0.15) is 18.9 Å². The van der Waals surface area contributed by atoms with Gasteiger partial charge in [0.15, 0.2) is 0 Å². The van der Waals surface area contributed by atoms with Gasteiger partial charge in [-0.05, 0) is 36.2 Å². The summed E-state index contributed by atoms with van der Waals surface area (Å²) in [4.78, 5) is 8.42. The molecule has 0 bridgehead atoms. The Balaban J connectivity index is 1.76. The van der Waals surface area contributed by atoms with Crippen molar-refractivity contribution in [3.8, 4) is 5.82 Å². The number of aromatic nitrogens is 3. The third kappa shape index (κ3) is 3.62. The molecule has 0 aliphatic rings. The van der Waals surface area contributed by atoms with Gasteiger partial charge in [0, 0.05) is 12.4 Å². The lowest BCUT2D eigenvalue weighted by atomic mass is 10.1. The topological polar surface area (TPSA) is 76.9 Å². The van der Waals surface area contributed by atoms with Crippen LogP contribution in [0, 0.1) is 0 Å². The number of benzene rings is 1. The van der Waals surface area contributed by atoms with E-state index in [1.807, 2.05) is 12.1 Å². The fraction of sp³-hybridized carbons (Fsp3) is 0.176. The van der Waals surface area contributed by atoms with E-state index in [0.717, 1.165) is 18.4 Å². The fourth-order valence-electron chi connectivity index (χ4n) is 2.33. The number of imidazole rings is 1. The molecule has 2 heterocycles. The maximum Gasteiger partial charge on any atom is 0.261 e. The monoisotopic (exact) mass is 342 g/mol. The van der Waals surface area contributed by atoms with Crippen molar-refractivity contribution < 1.29 is 8.42 Å². The molecular weight excluding hydrogens is 324 g/mol. The summed E-state index contributed by atoms with van der Waals surface area (Å²) in [5.74, 6) is 0.666. The summed E-state index contributed by atoms with van der Waals surface area (Å²) in [6, 6.07) is 10.3. The van der Waals surface area contributed by atoms with Gasteiger partial charge in [-0.3, -0.25) is 9.29 Å². The van der Waals surface area contributed by atoms with E-state index >= 15 is 0 Å². The van der Waals surface area contributed by atoms with Crippen LogP contribution in [0.4, 0.5) is 5.69 Å². The molecule has 0 spiro atoms. The van der Waals surface area contributed by atoms with Gasteiger partial charge in [0.1, 0.15) is 12.1 Å². The Morgan fingerprint density at radius 3 is 2.50 bits per heavy atom. The predicted octanol–water partition coefficient (Wildman–Crippen LogP) is 3.02. The van der Waals surface area contributed by atoms with E-state index in [4.69, 9.17) is 0 Å². The van der Waals surface area contributed by atoms with Crippen molar-refractivity contribution in [2.45, 2.75) is 24.7 Å². The van der Waals surface area contributed by atoms with Gasteiger partial charge < -0.3 is 0 Å². The van der Waals surface area contributed by atoms with Crippen LogP contribution in [0.2, 0.25) is 0 Å². The first-order valence-corrected chi connectivity index (χ1v) is 9.13. The molecule has 124 valence electrons. The minimum Gasteiger partial charge on any atom is -0.291 e. The first kappa shape index (κ1) is 16.2. The van der Waals surface area contributed by atoms with Crippen molar-refractivity contribution in [3.63, 3.8) is 0 Å². The molecule has 0 fully saturated rings. The molecule has 0 aliphatic carbocycles. The molecule has 3 aromatic rings. The Morgan fingerprint density at radius 2 is 1.92 bits per heavy atom. The summed E-state index contributed by atoms with van der Waals surface area (Å²) in [6.45, 7) is 2.09. The zero-order valence-corrected chi connectivity index (χ0v) is 14.1. The zero-order valence-electron chi connectivity index (χ0n) is 13.3. The van der Waals surface area contributed by atoms with E-state index in [-0.39, 0.29) is 4.90 Å². The predicted molar refractivity (Wildman–Crippen MR) is 92.6 cm³/mol. The smallest absolute Gasteiger partial charge is 0.261 e. The number of nitrogens with zero attached hydrogens (tertiary/aromatic N) is 3. The van der Waals surface area contributed by atoms with Gasteiger partial charge in [0.05, 0.1) is 16.8 Å². The lowest BCUT2D eigenvalue weighted by Gasteiger charge is -2.09. The van der Waals surface area contributed by atoms with Crippen molar-refractivity contribution in [2.75, 3.05) is 4.72 Å². The molecule has 0 aliphatic heterocycles. The first-order chi connectivity index (χ1) is 11.6. The van der Waals surface area contributed by atoms with E-state index in [9.17, 15) is 8.42 Å². The molecule has 1 N–H and O–H groups in total. The highest BCUT2D eigenvalue weighted by molar-refractivity contribution is 7.92. The molecule has 6 nitrogen and oxygen atoms in total. The zero-order chi connectivity index (χ0) is 17.0. The minimum atomic E-state index is -3.62. The second kappa shape index (κ2) is 6.84. The fourth-order valence-corrected chi connectivity index (χ4v) is 3.38. The van der Waals surface area contributed by atoms with Gasteiger partial charge in [-0.25, -0.2) is 18.4 Å². The number of sulfonamides is 1. The SMILES string of the molecule is CCCc1ccc(S(=O)(=O)Nc2ccc(-n3ccnc3)nc2)cc1. The van der Waals surface area contributed by atoms with Crippen LogP contribution in [0.15, 0.2) is 66.2 Å². The Morgan fingerprint density at radius 1 is 1.12 bits per heavy atom. The van der Waals surface area contributed by atoms with Crippen LogP contribution in [0.5, 0.6) is 0 Å². The highest BCUT2D eigenvalue weighted by Gasteiger charge is 2.14. The van der Waals surface area contributed by atoms with Crippen LogP contribution >= 0.6 is 0 Å². The van der Waals surface area contributed by atoms with Crippen LogP contribution in [0.25, 0.3) is 5.82 Å². The highest BCUT2D eigenvalue weighted by Crippen LogP contribution is 2.17. The first-order valence-electron chi connectivity index (χ1n) is 7.64. The maximum absolute atomic E-state index is 12.4. The molecule has 7 heteroatoms. The molecule has 2 aromatic heterocycles. The number of hydrogen-bond donors (Lipinski definition) is 1. The van der Waals surface area contributed by atoms with Crippen LogP contribution in [0.3, 0.4) is 0 Å². The quantitative estimate of drug-likeness (QED) is 0.747. The van der Waals surface area contributed by atoms with Gasteiger partial charge >= 0.3 is 0 Å². The van der Waals surface area contributed by atoms with Crippen molar-refractivity contribution in [1.29, 1.82) is 0 Å². The van der Waals surface area contributed by atoms with Gasteiger partial charge in [0.25, 0.3) is 10.0 Å². The molecule has 3 rings (SSSR count). The second-order valence-corrected chi connectivity index (χ2v) is 7.06. The normalized spacial score (nSPS) is 11.4. The number of rotatable bonds is 6. The number of aryl methyl sites for hydroxylation is 1. The summed E-state index contributed by atoms with van der Waals surface area (Å²) in [7, 11) is -3.62. The standard InChI is InChI=1S/C17H18N4O2S/c1-2-3-14-4-7-16(8-5-14)24(22,23)20-15-6-9-17(19-12-15)21-11-10-18-13-21/h4-13,20H,2-3H2,1H3. The van der Waals surface area contributed by atoms with E-state index in [1.165, 1.54) is 6.20 Å². The molecule has 0 saturated carbocycles. The Labute approximate surface area is 141 Å². The average molecular weight is 342 g/mol. The van der Waals surface area contributed by atoms with Gasteiger partial charge in [-0.1, -0.05) is 25.5 Å². The molecule has 0 atom stereocenters. The minimum absolute atomic E-state index is 0.237. The Kier molecular flexibility index (Phi) is 4.61. The molecule has 1 aromatic carbocycles. The number of anilines is 1. The number of hydrogen-bond acceptors (Lipinski definition) is 4. The summed E-state index contributed by atoms with van der Waals surface area (Å²) >= 11 is 0.